The fourth-order valence-electron chi connectivity index (χ4n) is 2.82. The van der Waals surface area contributed by atoms with Gasteiger partial charge in [0.2, 0.25) is 0 Å². The third-order valence-corrected chi connectivity index (χ3v) is 4.07. The third-order valence-electron chi connectivity index (χ3n) is 4.07. The summed E-state index contributed by atoms with van der Waals surface area (Å²) in [6, 6.07) is 6.99. The van der Waals surface area contributed by atoms with Crippen molar-refractivity contribution in [1.82, 2.24) is 14.8 Å². The van der Waals surface area contributed by atoms with Crippen LogP contribution >= 0.6 is 0 Å². The van der Waals surface area contributed by atoms with Crippen LogP contribution in [0.3, 0.4) is 0 Å². The number of unbranched alkanes of at least 4 members (excludes halogenated alkanes) is 1. The van der Waals surface area contributed by atoms with Crippen LogP contribution in [0.4, 0.5) is 13.2 Å². The van der Waals surface area contributed by atoms with E-state index in [2.05, 4.69) is 10.1 Å². The van der Waals surface area contributed by atoms with Gasteiger partial charge in [0.05, 0.1) is 22.3 Å². The SMILES string of the molecule is CCCCn1nc(C)c2c(C(F)(F)F)cc(-c3ccc(O)cc3)nc21. The zero-order valence-corrected chi connectivity index (χ0v) is 13.9. The summed E-state index contributed by atoms with van der Waals surface area (Å²) < 4.78 is 42.4. The van der Waals surface area contributed by atoms with Crippen molar-refractivity contribution in [1.29, 1.82) is 0 Å². The molecule has 132 valence electrons. The van der Waals surface area contributed by atoms with Gasteiger partial charge in [0, 0.05) is 12.1 Å². The molecule has 0 unspecified atom stereocenters. The first-order valence-corrected chi connectivity index (χ1v) is 8.06. The molecule has 0 fully saturated rings. The predicted molar refractivity (Wildman–Crippen MR) is 89.3 cm³/mol. The summed E-state index contributed by atoms with van der Waals surface area (Å²) in [7, 11) is 0. The van der Waals surface area contributed by atoms with Crippen molar-refractivity contribution in [2.75, 3.05) is 0 Å². The second kappa shape index (κ2) is 6.38. The maximum Gasteiger partial charge on any atom is 0.417 e. The molecule has 0 amide bonds. The second-order valence-corrected chi connectivity index (χ2v) is 5.96. The lowest BCUT2D eigenvalue weighted by Crippen LogP contribution is -2.08. The Balaban J connectivity index is 2.27. The third kappa shape index (κ3) is 3.31. The van der Waals surface area contributed by atoms with Gasteiger partial charge in [0.1, 0.15) is 5.75 Å². The van der Waals surface area contributed by atoms with E-state index >= 15 is 0 Å². The Hall–Kier alpha value is -2.57. The van der Waals surface area contributed by atoms with Gasteiger partial charge >= 0.3 is 6.18 Å². The Morgan fingerprint density at radius 3 is 2.44 bits per heavy atom. The van der Waals surface area contributed by atoms with Crippen LogP contribution in [0.2, 0.25) is 0 Å². The Bertz CT molecular complexity index is 899. The lowest BCUT2D eigenvalue weighted by atomic mass is 10.1. The summed E-state index contributed by atoms with van der Waals surface area (Å²) in [4.78, 5) is 4.44. The number of hydrogen-bond acceptors (Lipinski definition) is 3. The second-order valence-electron chi connectivity index (χ2n) is 5.96. The van der Waals surface area contributed by atoms with Crippen LogP contribution in [0.5, 0.6) is 5.75 Å². The molecule has 2 heterocycles. The number of halogens is 3. The number of phenolic OH excluding ortho intramolecular Hbond substituents is 1. The Labute approximate surface area is 142 Å². The highest BCUT2D eigenvalue weighted by Crippen LogP contribution is 2.38. The zero-order chi connectivity index (χ0) is 18.2. The molecule has 3 rings (SSSR count). The average molecular weight is 349 g/mol. The highest BCUT2D eigenvalue weighted by atomic mass is 19.4. The van der Waals surface area contributed by atoms with Gasteiger partial charge in [0.25, 0.3) is 0 Å². The first-order chi connectivity index (χ1) is 11.8. The molecule has 1 aromatic carbocycles. The fraction of sp³-hybridized carbons (Fsp3) is 0.333. The number of pyridine rings is 1. The summed E-state index contributed by atoms with van der Waals surface area (Å²) in [6.45, 7) is 4.10. The van der Waals surface area contributed by atoms with E-state index in [4.69, 9.17) is 0 Å². The van der Waals surface area contributed by atoms with E-state index in [0.717, 1.165) is 18.9 Å². The number of benzene rings is 1. The highest BCUT2D eigenvalue weighted by Gasteiger charge is 2.35. The van der Waals surface area contributed by atoms with E-state index in [-0.39, 0.29) is 22.5 Å². The molecular weight excluding hydrogens is 331 g/mol. The highest BCUT2D eigenvalue weighted by molar-refractivity contribution is 5.85. The van der Waals surface area contributed by atoms with Crippen LogP contribution in [0.25, 0.3) is 22.3 Å². The van der Waals surface area contributed by atoms with Gasteiger partial charge in [-0.3, -0.25) is 0 Å². The van der Waals surface area contributed by atoms with E-state index in [1.165, 1.54) is 12.1 Å². The normalized spacial score (nSPS) is 12.0. The minimum Gasteiger partial charge on any atom is -0.508 e. The van der Waals surface area contributed by atoms with Gasteiger partial charge in [0.15, 0.2) is 5.65 Å². The molecule has 0 aliphatic rings. The first kappa shape index (κ1) is 17.3. The number of aromatic hydroxyl groups is 1. The molecule has 25 heavy (non-hydrogen) atoms. The lowest BCUT2D eigenvalue weighted by molar-refractivity contribution is -0.136. The van der Waals surface area contributed by atoms with Crippen LogP contribution in [-0.2, 0) is 12.7 Å². The van der Waals surface area contributed by atoms with Gasteiger partial charge in [-0.05, 0) is 43.7 Å². The molecule has 0 aliphatic carbocycles. The number of phenols is 1. The van der Waals surface area contributed by atoms with E-state index in [9.17, 15) is 18.3 Å². The molecule has 2 aromatic heterocycles. The molecule has 1 N–H and O–H groups in total. The quantitative estimate of drug-likeness (QED) is 0.726. The van der Waals surface area contributed by atoms with Gasteiger partial charge < -0.3 is 5.11 Å². The predicted octanol–water partition coefficient (Wildman–Crippen LogP) is 4.93. The molecule has 0 saturated carbocycles. The molecule has 0 aliphatic heterocycles. The molecule has 7 heteroatoms. The van der Waals surface area contributed by atoms with Crippen molar-refractivity contribution in [2.24, 2.45) is 0 Å². The minimum atomic E-state index is -4.50. The molecule has 4 nitrogen and oxygen atoms in total. The lowest BCUT2D eigenvalue weighted by Gasteiger charge is -2.12. The van der Waals surface area contributed by atoms with E-state index in [1.54, 1.807) is 23.7 Å². The summed E-state index contributed by atoms with van der Waals surface area (Å²) in [5, 5.41) is 13.7. The van der Waals surface area contributed by atoms with Gasteiger partial charge in [-0.25, -0.2) is 9.67 Å². The maximum atomic E-state index is 13.6. The standard InChI is InChI=1S/C18H18F3N3O/c1-3-4-9-24-17-16(11(2)23-24)14(18(19,20)21)10-15(22-17)12-5-7-13(25)8-6-12/h5-8,10,25H,3-4,9H2,1-2H3. The van der Waals surface area contributed by atoms with E-state index in [0.29, 0.717) is 17.8 Å². The molecule has 0 saturated heterocycles. The summed E-state index contributed by atoms with van der Waals surface area (Å²) >= 11 is 0. The summed E-state index contributed by atoms with van der Waals surface area (Å²) in [6.07, 6.45) is -2.79. The Morgan fingerprint density at radius 2 is 1.84 bits per heavy atom. The van der Waals surface area contributed by atoms with Crippen molar-refractivity contribution in [3.8, 4) is 17.0 Å². The number of nitrogens with zero attached hydrogens (tertiary/aromatic N) is 3. The molecule has 0 spiro atoms. The first-order valence-electron chi connectivity index (χ1n) is 8.06. The number of hydrogen-bond donors (Lipinski definition) is 1. The minimum absolute atomic E-state index is 0.0460. The largest absolute Gasteiger partial charge is 0.508 e. The van der Waals surface area contributed by atoms with Gasteiger partial charge in [-0.1, -0.05) is 13.3 Å². The summed E-state index contributed by atoms with van der Waals surface area (Å²) in [5.74, 6) is 0.0460. The monoisotopic (exact) mass is 349 g/mol. The van der Waals surface area contributed by atoms with Crippen LogP contribution in [0.1, 0.15) is 31.0 Å². The molecule has 0 radical (unpaired) electrons. The number of aromatic nitrogens is 3. The molecule has 0 bridgehead atoms. The smallest absolute Gasteiger partial charge is 0.417 e. The fourth-order valence-corrected chi connectivity index (χ4v) is 2.82. The van der Waals surface area contributed by atoms with Crippen molar-refractivity contribution in [2.45, 2.75) is 39.4 Å². The summed E-state index contributed by atoms with van der Waals surface area (Å²) in [5.41, 5.74) is 0.538. The number of fused-ring (bicyclic) bond motifs is 1. The topological polar surface area (TPSA) is 50.9 Å². The van der Waals surface area contributed by atoms with Crippen molar-refractivity contribution in [3.05, 3.63) is 41.6 Å². The van der Waals surface area contributed by atoms with Crippen LogP contribution < -0.4 is 0 Å². The number of rotatable bonds is 4. The molecular formula is C18H18F3N3O. The maximum absolute atomic E-state index is 13.6. The van der Waals surface area contributed by atoms with Crippen LogP contribution in [-0.4, -0.2) is 19.9 Å². The average Bonchev–Trinajstić information content (AvgIpc) is 2.88. The van der Waals surface area contributed by atoms with Crippen molar-refractivity contribution < 1.29 is 18.3 Å². The van der Waals surface area contributed by atoms with Crippen LogP contribution in [0.15, 0.2) is 30.3 Å². The van der Waals surface area contributed by atoms with E-state index < -0.39 is 11.7 Å². The number of aryl methyl sites for hydroxylation is 2. The Morgan fingerprint density at radius 1 is 1.16 bits per heavy atom. The van der Waals surface area contributed by atoms with Crippen molar-refractivity contribution >= 4 is 11.0 Å². The number of alkyl halides is 3. The molecule has 3 aromatic rings. The van der Waals surface area contributed by atoms with Gasteiger partial charge in [-0.15, -0.1) is 0 Å². The van der Waals surface area contributed by atoms with Crippen LogP contribution in [0, 0.1) is 6.92 Å². The zero-order valence-electron chi connectivity index (χ0n) is 13.9. The van der Waals surface area contributed by atoms with Gasteiger partial charge in [-0.2, -0.15) is 18.3 Å². The van der Waals surface area contributed by atoms with E-state index in [1.807, 2.05) is 6.92 Å². The Kier molecular flexibility index (Phi) is 4.41. The van der Waals surface area contributed by atoms with Crippen molar-refractivity contribution in [3.63, 3.8) is 0 Å². The molecule has 0 atom stereocenters.